The third kappa shape index (κ3) is 4.71. The van der Waals surface area contributed by atoms with E-state index in [9.17, 15) is 22.7 Å². The molecule has 0 heterocycles. The molecule has 118 valence electrons. The number of aromatic carboxylic acids is 1. The Kier molecular flexibility index (Phi) is 6.23. The molecule has 0 aromatic heterocycles. The summed E-state index contributed by atoms with van der Waals surface area (Å²) in [5, 5.41) is 18.2. The maximum atomic E-state index is 14.0. The fraction of sp³-hybridized carbons (Fsp3) is 0.364. The van der Waals surface area contributed by atoms with Crippen molar-refractivity contribution < 1.29 is 32.6 Å². The van der Waals surface area contributed by atoms with Gasteiger partial charge in [0, 0.05) is 18.1 Å². The van der Waals surface area contributed by atoms with Crippen LogP contribution in [0.1, 0.15) is 10.4 Å². The van der Waals surface area contributed by atoms with Crippen molar-refractivity contribution in [3.8, 4) is 0 Å². The third-order valence-corrected chi connectivity index (χ3v) is 4.27. The molecule has 0 amide bonds. The van der Waals surface area contributed by atoms with Crippen LogP contribution in [0.4, 0.5) is 4.39 Å². The molecule has 0 radical (unpaired) electrons. The molecule has 0 saturated heterocycles. The largest absolute Gasteiger partial charge is 0.478 e. The fourth-order valence-corrected chi connectivity index (χ4v) is 3.26. The summed E-state index contributed by atoms with van der Waals surface area (Å²) in [6, 6.07) is 1.89. The molecule has 0 fully saturated rings. The van der Waals surface area contributed by atoms with Crippen molar-refractivity contribution >= 4 is 31.9 Å². The number of methoxy groups -OCH3 is 1. The van der Waals surface area contributed by atoms with Crippen LogP contribution in [0.5, 0.6) is 0 Å². The van der Waals surface area contributed by atoms with Crippen molar-refractivity contribution in [2.75, 3.05) is 20.3 Å². The van der Waals surface area contributed by atoms with Gasteiger partial charge >= 0.3 is 5.97 Å². The first-order chi connectivity index (χ1) is 9.69. The number of carboxylic acid groups (broad SMARTS) is 1. The van der Waals surface area contributed by atoms with Crippen molar-refractivity contribution in [2.45, 2.75) is 11.0 Å². The quantitative estimate of drug-likeness (QED) is 0.632. The average molecular weight is 386 g/mol. The molecule has 3 N–H and O–H groups in total. The highest BCUT2D eigenvalue weighted by molar-refractivity contribution is 9.10. The fourth-order valence-electron chi connectivity index (χ4n) is 1.45. The molecule has 0 aliphatic carbocycles. The van der Waals surface area contributed by atoms with Crippen molar-refractivity contribution in [2.24, 2.45) is 0 Å². The molecule has 1 rings (SSSR count). The predicted molar refractivity (Wildman–Crippen MR) is 74.1 cm³/mol. The highest BCUT2D eigenvalue weighted by Gasteiger charge is 2.25. The molecule has 0 saturated carbocycles. The van der Waals surface area contributed by atoms with Gasteiger partial charge in [0.05, 0.1) is 18.3 Å². The van der Waals surface area contributed by atoms with Crippen molar-refractivity contribution in [1.29, 1.82) is 0 Å². The van der Waals surface area contributed by atoms with Crippen LogP contribution in [0.15, 0.2) is 21.5 Å². The summed E-state index contributed by atoms with van der Waals surface area (Å²) in [7, 11) is -2.99. The van der Waals surface area contributed by atoms with Gasteiger partial charge in [-0.05, 0) is 12.1 Å². The average Bonchev–Trinajstić information content (AvgIpc) is 2.39. The second-order valence-electron chi connectivity index (χ2n) is 4.03. The van der Waals surface area contributed by atoms with E-state index in [2.05, 4.69) is 20.7 Å². The molecule has 21 heavy (non-hydrogen) atoms. The molecule has 7 nitrogen and oxygen atoms in total. The van der Waals surface area contributed by atoms with Gasteiger partial charge in [0.2, 0.25) is 10.0 Å². The Hall–Kier alpha value is -1.07. The van der Waals surface area contributed by atoms with Crippen LogP contribution in [0.3, 0.4) is 0 Å². The van der Waals surface area contributed by atoms with Crippen LogP contribution < -0.4 is 4.72 Å². The van der Waals surface area contributed by atoms with Gasteiger partial charge in [0.25, 0.3) is 0 Å². The smallest absolute Gasteiger partial charge is 0.338 e. The monoisotopic (exact) mass is 385 g/mol. The van der Waals surface area contributed by atoms with Gasteiger partial charge in [0.1, 0.15) is 4.90 Å². The predicted octanol–water partition coefficient (Wildman–Crippen LogP) is 0.572. The van der Waals surface area contributed by atoms with Crippen molar-refractivity contribution in [1.82, 2.24) is 4.72 Å². The Balaban J connectivity index is 3.11. The molecule has 1 atom stereocenters. The number of nitrogens with one attached hydrogen (secondary N) is 1. The highest BCUT2D eigenvalue weighted by atomic mass is 79.9. The molecule has 0 bridgehead atoms. The second kappa shape index (κ2) is 7.27. The van der Waals surface area contributed by atoms with E-state index >= 15 is 0 Å². The lowest BCUT2D eigenvalue weighted by atomic mass is 10.2. The standard InChI is InChI=1S/C11H13BrFNO6S/c1-20-5-7(15)4-14-21(18,19)9-3-6(12)2-8(10(9)13)11(16)17/h2-3,7,14-15H,4-5H2,1H3,(H,16,17). The number of hydrogen-bond donors (Lipinski definition) is 3. The number of benzene rings is 1. The number of aliphatic hydroxyl groups is 1. The normalized spacial score (nSPS) is 13.1. The van der Waals surface area contributed by atoms with Crippen LogP contribution >= 0.6 is 15.9 Å². The number of carbonyl (C=O) groups is 1. The topological polar surface area (TPSA) is 113 Å². The van der Waals surface area contributed by atoms with Crippen LogP contribution in [0.25, 0.3) is 0 Å². The summed E-state index contributed by atoms with van der Waals surface area (Å²) in [4.78, 5) is 10.1. The summed E-state index contributed by atoms with van der Waals surface area (Å²) in [6.07, 6.45) is -1.11. The van der Waals surface area contributed by atoms with E-state index in [1.165, 1.54) is 7.11 Å². The van der Waals surface area contributed by atoms with E-state index < -0.39 is 44.9 Å². The lowest BCUT2D eigenvalue weighted by Gasteiger charge is -2.12. The number of halogens is 2. The molecule has 0 aliphatic rings. The van der Waals surface area contributed by atoms with Crippen molar-refractivity contribution in [3.05, 3.63) is 28.0 Å². The van der Waals surface area contributed by atoms with Gasteiger partial charge in [-0.3, -0.25) is 0 Å². The zero-order chi connectivity index (χ0) is 16.2. The van der Waals surface area contributed by atoms with E-state index in [0.717, 1.165) is 12.1 Å². The lowest BCUT2D eigenvalue weighted by molar-refractivity contribution is 0.0678. The molecule has 1 aromatic rings. The van der Waals surface area contributed by atoms with E-state index in [4.69, 9.17) is 5.11 Å². The van der Waals surface area contributed by atoms with Gasteiger partial charge in [-0.15, -0.1) is 0 Å². The summed E-state index contributed by atoms with van der Waals surface area (Å²) in [5.74, 6) is -2.97. The van der Waals surface area contributed by atoms with Crippen LogP contribution in [-0.2, 0) is 14.8 Å². The first kappa shape index (κ1) is 18.0. The number of sulfonamides is 1. The molecular weight excluding hydrogens is 373 g/mol. The van der Waals surface area contributed by atoms with E-state index in [-0.39, 0.29) is 11.1 Å². The van der Waals surface area contributed by atoms with Crippen LogP contribution in [0, 0.1) is 5.82 Å². The molecule has 1 aromatic carbocycles. The molecule has 0 aliphatic heterocycles. The summed E-state index contributed by atoms with van der Waals surface area (Å²) in [6.45, 7) is -0.506. The van der Waals surface area contributed by atoms with Gasteiger partial charge in [-0.25, -0.2) is 22.3 Å². The number of ether oxygens (including phenoxy) is 1. The highest BCUT2D eigenvalue weighted by Crippen LogP contribution is 2.24. The Labute approximate surface area is 128 Å². The van der Waals surface area contributed by atoms with Crippen molar-refractivity contribution in [3.63, 3.8) is 0 Å². The zero-order valence-corrected chi connectivity index (χ0v) is 13.2. The van der Waals surface area contributed by atoms with Gasteiger partial charge in [-0.2, -0.15) is 0 Å². The SMILES string of the molecule is COCC(O)CNS(=O)(=O)c1cc(Br)cc(C(=O)O)c1F. The zero-order valence-electron chi connectivity index (χ0n) is 10.8. The first-order valence-corrected chi connectivity index (χ1v) is 7.85. The van der Waals surface area contributed by atoms with Crippen LogP contribution in [-0.4, -0.2) is 51.0 Å². The number of carboxylic acids is 1. The van der Waals surface area contributed by atoms with E-state index in [0.29, 0.717) is 0 Å². The minimum atomic E-state index is -4.32. The Morgan fingerprint density at radius 3 is 2.67 bits per heavy atom. The molecule has 10 heteroatoms. The summed E-state index contributed by atoms with van der Waals surface area (Å²) in [5.41, 5.74) is -0.776. The second-order valence-corrected chi connectivity index (χ2v) is 6.68. The molecule has 0 spiro atoms. The molecule has 1 unspecified atom stereocenters. The first-order valence-electron chi connectivity index (χ1n) is 5.58. The Bertz CT molecular complexity index is 636. The Morgan fingerprint density at radius 1 is 1.52 bits per heavy atom. The number of rotatable bonds is 7. The summed E-state index contributed by atoms with van der Waals surface area (Å²) >= 11 is 2.92. The number of hydrogen-bond acceptors (Lipinski definition) is 5. The lowest BCUT2D eigenvalue weighted by Crippen LogP contribution is -2.35. The number of aliphatic hydroxyl groups excluding tert-OH is 1. The minimum Gasteiger partial charge on any atom is -0.478 e. The molecular formula is C11H13BrFNO6S. The van der Waals surface area contributed by atoms with Gasteiger partial charge < -0.3 is 14.9 Å². The minimum absolute atomic E-state index is 0.0964. The van der Waals surface area contributed by atoms with Crippen LogP contribution in [0.2, 0.25) is 0 Å². The van der Waals surface area contributed by atoms with Gasteiger partial charge in [-0.1, -0.05) is 15.9 Å². The van der Waals surface area contributed by atoms with Gasteiger partial charge in [0.15, 0.2) is 5.82 Å². The Morgan fingerprint density at radius 2 is 2.14 bits per heavy atom. The maximum absolute atomic E-state index is 14.0. The summed E-state index contributed by atoms with van der Waals surface area (Å²) < 4.78 is 44.6. The van der Waals surface area contributed by atoms with E-state index in [1.54, 1.807) is 0 Å². The third-order valence-electron chi connectivity index (χ3n) is 2.39. The van der Waals surface area contributed by atoms with E-state index in [1.807, 2.05) is 4.72 Å². The maximum Gasteiger partial charge on any atom is 0.338 e.